The number of likely N-dealkylation sites (tertiary alicyclic amines) is 1. The van der Waals surface area contributed by atoms with Gasteiger partial charge in [-0.3, -0.25) is 19.5 Å². The second-order valence-electron chi connectivity index (χ2n) is 8.99. The van der Waals surface area contributed by atoms with E-state index in [0.29, 0.717) is 25.5 Å². The van der Waals surface area contributed by atoms with Gasteiger partial charge in [0.05, 0.1) is 23.7 Å². The molecule has 1 saturated heterocycles. The van der Waals surface area contributed by atoms with Gasteiger partial charge < -0.3 is 10.6 Å². The fourth-order valence-corrected chi connectivity index (χ4v) is 5.39. The van der Waals surface area contributed by atoms with E-state index in [1.165, 1.54) is 4.90 Å². The van der Waals surface area contributed by atoms with Crippen molar-refractivity contribution in [1.82, 2.24) is 25.3 Å². The number of carbonyl (C=O) groups is 2. The van der Waals surface area contributed by atoms with E-state index >= 15 is 0 Å². The third-order valence-corrected chi connectivity index (χ3v) is 7.00. The molecule has 8 nitrogen and oxygen atoms in total. The number of aliphatic imine (C=N–C) groups is 1. The van der Waals surface area contributed by atoms with Gasteiger partial charge in [-0.2, -0.15) is 5.10 Å². The minimum Gasteiger partial charge on any atom is -0.356 e. The molecule has 8 heteroatoms. The maximum atomic E-state index is 12.7. The van der Waals surface area contributed by atoms with Gasteiger partial charge in [-0.1, -0.05) is 30.4 Å². The molecule has 1 aromatic carbocycles. The number of amides is 2. The first-order valence-corrected chi connectivity index (χ1v) is 11.7. The van der Waals surface area contributed by atoms with E-state index < -0.39 is 0 Å². The Morgan fingerprint density at radius 2 is 1.76 bits per heavy atom. The van der Waals surface area contributed by atoms with Crippen molar-refractivity contribution >= 4 is 17.8 Å². The van der Waals surface area contributed by atoms with E-state index in [0.717, 1.165) is 30.6 Å². The molecular weight excluding hydrogens is 416 g/mol. The molecule has 2 amide bonds. The maximum Gasteiger partial charge on any atom is 0.233 e. The van der Waals surface area contributed by atoms with Gasteiger partial charge in [-0.05, 0) is 48.8 Å². The Bertz CT molecular complexity index is 1050. The molecule has 0 radical (unpaired) electrons. The van der Waals surface area contributed by atoms with Crippen LogP contribution in [-0.2, 0) is 16.0 Å². The number of rotatable bonds is 8. The largest absolute Gasteiger partial charge is 0.356 e. The molecule has 0 spiro atoms. The minimum atomic E-state index is -0.110. The van der Waals surface area contributed by atoms with Gasteiger partial charge in [0, 0.05) is 32.9 Å². The number of nitrogens with zero attached hydrogens (tertiary/aromatic N) is 4. The number of fused-ring (bicyclic) bond motifs is 5. The second kappa shape index (κ2) is 9.21. The van der Waals surface area contributed by atoms with Crippen molar-refractivity contribution in [2.24, 2.45) is 28.7 Å². The summed E-state index contributed by atoms with van der Waals surface area (Å²) >= 11 is 0. The van der Waals surface area contributed by atoms with E-state index in [9.17, 15) is 9.59 Å². The van der Waals surface area contributed by atoms with Crippen LogP contribution < -0.4 is 10.6 Å². The summed E-state index contributed by atoms with van der Waals surface area (Å²) in [5, 5.41) is 11.0. The van der Waals surface area contributed by atoms with Gasteiger partial charge in [0.2, 0.25) is 11.8 Å². The highest BCUT2D eigenvalue weighted by Crippen LogP contribution is 2.52. The monoisotopic (exact) mass is 446 g/mol. The molecule has 2 N–H and O–H groups in total. The fourth-order valence-electron chi connectivity index (χ4n) is 5.39. The lowest BCUT2D eigenvalue weighted by Gasteiger charge is -2.18. The van der Waals surface area contributed by atoms with Crippen molar-refractivity contribution in [3.8, 4) is 5.69 Å². The Balaban J connectivity index is 1.03. The Morgan fingerprint density at radius 3 is 2.45 bits per heavy atom. The summed E-state index contributed by atoms with van der Waals surface area (Å²) in [7, 11) is 1.74. The molecule has 2 aliphatic carbocycles. The molecule has 1 saturated carbocycles. The Morgan fingerprint density at radius 1 is 1.06 bits per heavy atom. The van der Waals surface area contributed by atoms with Crippen molar-refractivity contribution in [2.75, 3.05) is 26.7 Å². The molecule has 5 rings (SSSR count). The Hall–Kier alpha value is -3.42. The van der Waals surface area contributed by atoms with E-state index in [2.05, 4.69) is 32.9 Å². The van der Waals surface area contributed by atoms with Gasteiger partial charge in [-0.15, -0.1) is 0 Å². The summed E-state index contributed by atoms with van der Waals surface area (Å²) in [5.74, 6) is 1.08. The summed E-state index contributed by atoms with van der Waals surface area (Å²) in [4.78, 5) is 31.2. The van der Waals surface area contributed by atoms with Crippen LogP contribution in [0.5, 0.6) is 0 Å². The van der Waals surface area contributed by atoms with Crippen LogP contribution in [0.3, 0.4) is 0 Å². The summed E-state index contributed by atoms with van der Waals surface area (Å²) in [6, 6.07) is 10.0. The molecule has 1 aromatic heterocycles. The highest BCUT2D eigenvalue weighted by Gasteiger charge is 2.58. The van der Waals surface area contributed by atoms with E-state index in [4.69, 9.17) is 0 Å². The smallest absolute Gasteiger partial charge is 0.233 e. The van der Waals surface area contributed by atoms with E-state index in [1.54, 1.807) is 7.05 Å². The highest BCUT2D eigenvalue weighted by molar-refractivity contribution is 6.06. The zero-order chi connectivity index (χ0) is 22.8. The molecule has 2 heterocycles. The molecular formula is C25H30N6O2. The van der Waals surface area contributed by atoms with E-state index in [-0.39, 0.29) is 35.5 Å². The third kappa shape index (κ3) is 4.17. The van der Waals surface area contributed by atoms with Crippen molar-refractivity contribution < 1.29 is 9.59 Å². The standard InChI is InChI=1S/C25H30N6O2/c1-26-25(28-12-10-17-15-29-31(16-17)20-6-3-2-4-7-20)27-11-5-13-30-23(32)21-18-8-9-19(14-18)22(21)24(30)33/h2-4,6-9,15-16,18-19,21-22H,5,10-14H2,1H3,(H2,26,27,28). The highest BCUT2D eigenvalue weighted by atomic mass is 16.2. The average molecular weight is 447 g/mol. The number of carbonyl (C=O) groups excluding carboxylic acids is 2. The number of aromatic nitrogens is 2. The van der Waals surface area contributed by atoms with Gasteiger partial charge in [0.25, 0.3) is 0 Å². The molecule has 2 fully saturated rings. The third-order valence-electron chi connectivity index (χ3n) is 7.00. The first-order chi connectivity index (χ1) is 16.2. The van der Waals surface area contributed by atoms with Crippen LogP contribution in [0.15, 0.2) is 59.9 Å². The molecule has 2 aromatic rings. The summed E-state index contributed by atoms with van der Waals surface area (Å²) in [5.41, 5.74) is 2.18. The number of hydrogen-bond donors (Lipinski definition) is 2. The summed E-state index contributed by atoms with van der Waals surface area (Å²) < 4.78 is 1.87. The molecule has 2 bridgehead atoms. The molecule has 1 aliphatic heterocycles. The van der Waals surface area contributed by atoms with Gasteiger partial charge in [0.1, 0.15) is 0 Å². The topological polar surface area (TPSA) is 91.6 Å². The summed E-state index contributed by atoms with van der Waals surface area (Å²) in [6.45, 7) is 1.83. The van der Waals surface area contributed by atoms with Crippen LogP contribution in [0.25, 0.3) is 5.69 Å². The lowest BCUT2D eigenvalue weighted by Crippen LogP contribution is -2.40. The summed E-state index contributed by atoms with van der Waals surface area (Å²) in [6.07, 6.45) is 10.7. The molecule has 33 heavy (non-hydrogen) atoms. The quantitative estimate of drug-likeness (QED) is 0.212. The lowest BCUT2D eigenvalue weighted by atomic mass is 9.85. The van der Waals surface area contributed by atoms with Crippen LogP contribution >= 0.6 is 0 Å². The number of allylic oxidation sites excluding steroid dienone is 2. The number of para-hydroxylation sites is 1. The number of guanidine groups is 1. The molecule has 4 atom stereocenters. The zero-order valence-corrected chi connectivity index (χ0v) is 18.9. The van der Waals surface area contributed by atoms with Crippen LogP contribution in [0, 0.1) is 23.7 Å². The minimum absolute atomic E-state index is 0.0282. The van der Waals surface area contributed by atoms with E-state index in [1.807, 2.05) is 47.4 Å². The average Bonchev–Trinajstić information content (AvgIpc) is 3.62. The number of benzene rings is 1. The normalized spacial score (nSPS) is 25.7. The SMILES string of the molecule is CN=C(NCCCN1C(=O)C2C3C=CC(C3)C2C1=O)NCCc1cnn(-c2ccccc2)c1. The number of imide groups is 1. The van der Waals surface area contributed by atoms with Crippen LogP contribution in [-0.4, -0.2) is 59.1 Å². The number of nitrogens with one attached hydrogen (secondary N) is 2. The Labute approximate surface area is 193 Å². The maximum absolute atomic E-state index is 12.7. The first kappa shape index (κ1) is 21.4. The second-order valence-corrected chi connectivity index (χ2v) is 8.99. The number of hydrogen-bond acceptors (Lipinski definition) is 4. The molecule has 4 unspecified atom stereocenters. The zero-order valence-electron chi connectivity index (χ0n) is 18.9. The van der Waals surface area contributed by atoms with Crippen molar-refractivity contribution in [3.05, 3.63) is 60.4 Å². The van der Waals surface area contributed by atoms with Gasteiger partial charge in [0.15, 0.2) is 5.96 Å². The van der Waals surface area contributed by atoms with Gasteiger partial charge >= 0.3 is 0 Å². The fraction of sp³-hybridized carbons (Fsp3) is 0.440. The van der Waals surface area contributed by atoms with Crippen molar-refractivity contribution in [1.29, 1.82) is 0 Å². The molecule has 3 aliphatic rings. The predicted octanol–water partition coefficient (Wildman–Crippen LogP) is 1.78. The van der Waals surface area contributed by atoms with Crippen LogP contribution in [0.1, 0.15) is 18.4 Å². The predicted molar refractivity (Wildman–Crippen MR) is 126 cm³/mol. The van der Waals surface area contributed by atoms with Crippen LogP contribution in [0.2, 0.25) is 0 Å². The first-order valence-electron chi connectivity index (χ1n) is 11.7. The van der Waals surface area contributed by atoms with Crippen molar-refractivity contribution in [3.63, 3.8) is 0 Å². The van der Waals surface area contributed by atoms with Crippen molar-refractivity contribution in [2.45, 2.75) is 19.3 Å². The molecule has 172 valence electrons. The van der Waals surface area contributed by atoms with Gasteiger partial charge in [-0.25, -0.2) is 4.68 Å². The van der Waals surface area contributed by atoms with Crippen LogP contribution in [0.4, 0.5) is 0 Å². The lowest BCUT2D eigenvalue weighted by molar-refractivity contribution is -0.140. The Kier molecular flexibility index (Phi) is 5.98.